The number of aromatic nitrogens is 3. The number of nitrogens with zero attached hydrogens (tertiary/aromatic N) is 2. The molecule has 0 saturated heterocycles. The fraction of sp³-hybridized carbons (Fsp3) is 0.308. The van der Waals surface area contributed by atoms with Crippen LogP contribution in [0.2, 0.25) is 0 Å². The predicted molar refractivity (Wildman–Crippen MR) is 76.9 cm³/mol. The van der Waals surface area contributed by atoms with Crippen LogP contribution >= 0.6 is 15.9 Å². The SMILES string of the molecule is CCc1ccc2nc3[nH]c(CNC)c(Br)n3c2c1. The Hall–Kier alpha value is -1.33. The summed E-state index contributed by atoms with van der Waals surface area (Å²) in [6, 6.07) is 6.42. The van der Waals surface area contributed by atoms with Crippen molar-refractivity contribution >= 4 is 32.7 Å². The van der Waals surface area contributed by atoms with E-state index in [0.717, 1.165) is 40.1 Å². The van der Waals surface area contributed by atoms with Crippen LogP contribution in [0.3, 0.4) is 0 Å². The van der Waals surface area contributed by atoms with Crippen molar-refractivity contribution in [3.63, 3.8) is 0 Å². The Labute approximate surface area is 114 Å². The van der Waals surface area contributed by atoms with Gasteiger partial charge >= 0.3 is 0 Å². The number of hydrogen-bond donors (Lipinski definition) is 2. The van der Waals surface area contributed by atoms with Gasteiger partial charge < -0.3 is 10.3 Å². The Bertz CT molecular complexity index is 710. The zero-order valence-corrected chi connectivity index (χ0v) is 12.0. The van der Waals surface area contributed by atoms with E-state index in [1.165, 1.54) is 5.56 Å². The smallest absolute Gasteiger partial charge is 0.213 e. The molecule has 2 N–H and O–H groups in total. The lowest BCUT2D eigenvalue weighted by atomic mass is 10.1. The molecule has 0 saturated carbocycles. The van der Waals surface area contributed by atoms with Gasteiger partial charge in [-0.05, 0) is 47.1 Å². The highest BCUT2D eigenvalue weighted by Gasteiger charge is 2.13. The summed E-state index contributed by atoms with van der Waals surface area (Å²) in [4.78, 5) is 7.94. The van der Waals surface area contributed by atoms with Gasteiger partial charge in [0.2, 0.25) is 5.78 Å². The molecule has 2 aromatic heterocycles. The average molecular weight is 307 g/mol. The van der Waals surface area contributed by atoms with Crippen LogP contribution in [0.4, 0.5) is 0 Å². The first-order valence-corrected chi connectivity index (χ1v) is 6.86. The summed E-state index contributed by atoms with van der Waals surface area (Å²) in [5.41, 5.74) is 4.61. The van der Waals surface area contributed by atoms with Crippen LogP contribution in [0.25, 0.3) is 16.8 Å². The third-order valence-corrected chi connectivity index (χ3v) is 4.02. The van der Waals surface area contributed by atoms with Crippen LogP contribution in [-0.4, -0.2) is 21.4 Å². The van der Waals surface area contributed by atoms with Gasteiger partial charge in [0.1, 0.15) is 4.60 Å². The van der Waals surface area contributed by atoms with Gasteiger partial charge in [0.05, 0.1) is 16.7 Å². The molecule has 3 rings (SSSR count). The molecule has 18 heavy (non-hydrogen) atoms. The minimum absolute atomic E-state index is 0.791. The van der Waals surface area contributed by atoms with Crippen LogP contribution in [0.15, 0.2) is 22.8 Å². The van der Waals surface area contributed by atoms with Crippen molar-refractivity contribution in [2.75, 3.05) is 7.05 Å². The first kappa shape index (κ1) is 11.7. The van der Waals surface area contributed by atoms with Gasteiger partial charge in [-0.3, -0.25) is 4.40 Å². The van der Waals surface area contributed by atoms with Gasteiger partial charge in [-0.15, -0.1) is 0 Å². The van der Waals surface area contributed by atoms with Crippen LogP contribution in [0.1, 0.15) is 18.2 Å². The molecule has 0 aliphatic rings. The van der Waals surface area contributed by atoms with E-state index in [1.54, 1.807) is 0 Å². The van der Waals surface area contributed by atoms with E-state index in [1.807, 2.05) is 7.05 Å². The largest absolute Gasteiger partial charge is 0.325 e. The molecule has 4 nitrogen and oxygen atoms in total. The van der Waals surface area contributed by atoms with Crippen molar-refractivity contribution in [3.8, 4) is 0 Å². The number of imidazole rings is 2. The minimum Gasteiger partial charge on any atom is -0.325 e. The molecular weight excluding hydrogens is 292 g/mol. The van der Waals surface area contributed by atoms with Crippen LogP contribution < -0.4 is 5.32 Å². The van der Waals surface area contributed by atoms with Gasteiger partial charge in [-0.25, -0.2) is 4.98 Å². The molecular formula is C13H15BrN4. The Balaban J connectivity index is 2.31. The van der Waals surface area contributed by atoms with Crippen molar-refractivity contribution in [3.05, 3.63) is 34.1 Å². The highest BCUT2D eigenvalue weighted by Crippen LogP contribution is 2.25. The fourth-order valence-corrected chi connectivity index (χ4v) is 2.84. The number of hydrogen-bond acceptors (Lipinski definition) is 2. The molecule has 0 radical (unpaired) electrons. The maximum atomic E-state index is 4.60. The van der Waals surface area contributed by atoms with E-state index in [4.69, 9.17) is 0 Å². The van der Waals surface area contributed by atoms with Gasteiger partial charge in [0, 0.05) is 6.54 Å². The number of aryl methyl sites for hydroxylation is 1. The number of aromatic amines is 1. The number of benzene rings is 1. The molecule has 2 heterocycles. The predicted octanol–water partition coefficient (Wildman–Crippen LogP) is 2.86. The van der Waals surface area contributed by atoms with E-state index in [-0.39, 0.29) is 0 Å². The van der Waals surface area contributed by atoms with Crippen LogP contribution in [0.5, 0.6) is 0 Å². The summed E-state index contributed by atoms with van der Waals surface area (Å²) in [7, 11) is 1.93. The monoisotopic (exact) mass is 306 g/mol. The average Bonchev–Trinajstić information content (AvgIpc) is 2.87. The number of halogens is 1. The Morgan fingerprint density at radius 2 is 2.28 bits per heavy atom. The zero-order chi connectivity index (χ0) is 12.7. The van der Waals surface area contributed by atoms with Crippen molar-refractivity contribution < 1.29 is 0 Å². The second-order valence-electron chi connectivity index (χ2n) is 4.37. The standard InChI is InChI=1S/C13H15BrN4/c1-3-8-4-5-9-11(6-8)18-12(14)10(7-15-2)17-13(18)16-9/h4-6,15H,3,7H2,1-2H3,(H,16,17). The molecule has 0 fully saturated rings. The number of H-pyrrole nitrogens is 1. The second-order valence-corrected chi connectivity index (χ2v) is 5.12. The number of nitrogens with one attached hydrogen (secondary N) is 2. The van der Waals surface area contributed by atoms with Crippen molar-refractivity contribution in [2.45, 2.75) is 19.9 Å². The first-order valence-electron chi connectivity index (χ1n) is 6.06. The maximum absolute atomic E-state index is 4.60. The molecule has 0 atom stereocenters. The van der Waals surface area contributed by atoms with Gasteiger partial charge in [-0.2, -0.15) is 0 Å². The highest BCUT2D eigenvalue weighted by atomic mass is 79.9. The lowest BCUT2D eigenvalue weighted by Crippen LogP contribution is -2.05. The number of fused-ring (bicyclic) bond motifs is 3. The molecule has 94 valence electrons. The van der Waals surface area contributed by atoms with E-state index in [2.05, 4.69) is 60.7 Å². The maximum Gasteiger partial charge on any atom is 0.213 e. The summed E-state index contributed by atoms with van der Waals surface area (Å²) in [6.45, 7) is 2.96. The topological polar surface area (TPSA) is 45.1 Å². The lowest BCUT2D eigenvalue weighted by Gasteiger charge is -1.99. The Morgan fingerprint density at radius 3 is 3.00 bits per heavy atom. The zero-order valence-electron chi connectivity index (χ0n) is 10.4. The molecule has 0 bridgehead atoms. The quantitative estimate of drug-likeness (QED) is 0.781. The minimum atomic E-state index is 0.791. The third-order valence-electron chi connectivity index (χ3n) is 3.19. The summed E-state index contributed by atoms with van der Waals surface area (Å²) >= 11 is 3.65. The third kappa shape index (κ3) is 1.66. The van der Waals surface area contributed by atoms with E-state index in [9.17, 15) is 0 Å². The van der Waals surface area contributed by atoms with Crippen LogP contribution in [-0.2, 0) is 13.0 Å². The highest BCUT2D eigenvalue weighted by molar-refractivity contribution is 9.10. The molecule has 3 aromatic rings. The Kier molecular flexibility index (Phi) is 2.87. The summed E-state index contributed by atoms with van der Waals surface area (Å²) < 4.78 is 3.17. The Morgan fingerprint density at radius 1 is 1.44 bits per heavy atom. The summed E-state index contributed by atoms with van der Waals surface area (Å²) in [5, 5.41) is 3.14. The van der Waals surface area contributed by atoms with Crippen molar-refractivity contribution in [2.24, 2.45) is 0 Å². The molecule has 1 aromatic carbocycles. The first-order chi connectivity index (χ1) is 8.74. The summed E-state index contributed by atoms with van der Waals surface area (Å²) in [6.07, 6.45) is 1.04. The molecule has 0 aliphatic carbocycles. The fourth-order valence-electron chi connectivity index (χ4n) is 2.24. The van der Waals surface area contributed by atoms with Crippen molar-refractivity contribution in [1.82, 2.24) is 19.7 Å². The van der Waals surface area contributed by atoms with E-state index >= 15 is 0 Å². The second kappa shape index (κ2) is 4.40. The molecule has 0 aliphatic heterocycles. The number of rotatable bonds is 3. The van der Waals surface area contributed by atoms with Gasteiger partial charge in [0.25, 0.3) is 0 Å². The summed E-state index contributed by atoms with van der Waals surface area (Å²) in [5.74, 6) is 0.885. The normalized spacial score (nSPS) is 11.7. The molecule has 0 amide bonds. The van der Waals surface area contributed by atoms with Crippen molar-refractivity contribution in [1.29, 1.82) is 0 Å². The van der Waals surface area contributed by atoms with E-state index < -0.39 is 0 Å². The van der Waals surface area contributed by atoms with Crippen LogP contribution in [0, 0.1) is 0 Å². The molecule has 0 unspecified atom stereocenters. The molecule has 5 heteroatoms. The molecule has 0 spiro atoms. The van der Waals surface area contributed by atoms with Gasteiger partial charge in [-0.1, -0.05) is 13.0 Å². The van der Waals surface area contributed by atoms with Gasteiger partial charge in [0.15, 0.2) is 0 Å². The van der Waals surface area contributed by atoms with E-state index in [0.29, 0.717) is 0 Å². The lowest BCUT2D eigenvalue weighted by molar-refractivity contribution is 0.793.